The van der Waals surface area contributed by atoms with Gasteiger partial charge in [-0.1, -0.05) is 38.4 Å². The number of carbonyl (C=O) groups excluding carboxylic acids is 2. The predicted molar refractivity (Wildman–Crippen MR) is 108 cm³/mol. The highest BCUT2D eigenvalue weighted by molar-refractivity contribution is 6.33. The maximum atomic E-state index is 12.5. The van der Waals surface area contributed by atoms with Crippen molar-refractivity contribution < 1.29 is 9.59 Å². The zero-order valence-electron chi connectivity index (χ0n) is 15.7. The molecule has 26 heavy (non-hydrogen) atoms. The van der Waals surface area contributed by atoms with Crippen molar-refractivity contribution in [3.8, 4) is 0 Å². The van der Waals surface area contributed by atoms with Gasteiger partial charge in [0.25, 0.3) is 5.91 Å². The first kappa shape index (κ1) is 19.8. The molecule has 138 valence electrons. The first-order valence-electron chi connectivity index (χ1n) is 8.27. The van der Waals surface area contributed by atoms with Gasteiger partial charge in [-0.05, 0) is 36.4 Å². The monoisotopic (exact) mass is 373 g/mol. The lowest BCUT2D eigenvalue weighted by Gasteiger charge is -2.18. The number of halogens is 1. The molecule has 0 aliphatic rings. The molecule has 0 aliphatic heterocycles. The minimum absolute atomic E-state index is 0.110. The van der Waals surface area contributed by atoms with E-state index in [2.05, 4.69) is 10.6 Å². The lowest BCUT2D eigenvalue weighted by atomic mass is 9.95. The van der Waals surface area contributed by atoms with Crippen molar-refractivity contribution in [2.75, 3.05) is 29.6 Å². The Kier molecular flexibility index (Phi) is 5.93. The second kappa shape index (κ2) is 7.79. The van der Waals surface area contributed by atoms with Crippen LogP contribution in [-0.4, -0.2) is 25.9 Å². The van der Waals surface area contributed by atoms with Gasteiger partial charge in [0.1, 0.15) is 0 Å². The number of carbonyl (C=O) groups is 2. The molecular weight excluding hydrogens is 350 g/mol. The highest BCUT2D eigenvalue weighted by atomic mass is 35.5. The molecule has 0 saturated carbocycles. The molecular formula is C20H24ClN3O2. The molecule has 2 aromatic rings. The van der Waals surface area contributed by atoms with Crippen molar-refractivity contribution >= 4 is 40.5 Å². The van der Waals surface area contributed by atoms with Gasteiger partial charge in [-0.2, -0.15) is 0 Å². The largest absolute Gasteiger partial charge is 0.376 e. The summed E-state index contributed by atoms with van der Waals surface area (Å²) in [6, 6.07) is 12.2. The third kappa shape index (κ3) is 4.99. The molecule has 0 heterocycles. The van der Waals surface area contributed by atoms with Gasteiger partial charge < -0.3 is 15.5 Å². The van der Waals surface area contributed by atoms with Gasteiger partial charge in [-0.25, -0.2) is 0 Å². The van der Waals surface area contributed by atoms with Crippen LogP contribution in [0.2, 0.25) is 5.02 Å². The van der Waals surface area contributed by atoms with Crippen LogP contribution < -0.4 is 15.5 Å². The summed E-state index contributed by atoms with van der Waals surface area (Å²) in [6.07, 6.45) is 0. The lowest BCUT2D eigenvalue weighted by molar-refractivity contribution is -0.123. The summed E-state index contributed by atoms with van der Waals surface area (Å²) < 4.78 is 0. The van der Waals surface area contributed by atoms with Crippen LogP contribution in [-0.2, 0) is 4.79 Å². The number of benzene rings is 2. The Balaban J connectivity index is 2.14. The first-order chi connectivity index (χ1) is 12.1. The Labute approximate surface area is 159 Å². The number of rotatable bonds is 4. The highest BCUT2D eigenvalue weighted by Crippen LogP contribution is 2.27. The first-order valence-corrected chi connectivity index (χ1v) is 8.65. The van der Waals surface area contributed by atoms with Crippen LogP contribution in [0.15, 0.2) is 42.5 Å². The minimum atomic E-state index is -0.511. The van der Waals surface area contributed by atoms with Crippen molar-refractivity contribution in [1.82, 2.24) is 0 Å². The van der Waals surface area contributed by atoms with Crippen LogP contribution in [0.5, 0.6) is 0 Å². The molecule has 0 spiro atoms. The SMILES string of the molecule is CN(C)c1ccc(NC(=O)c2cccc(NC(=O)C(C)(C)C)c2)cc1Cl. The highest BCUT2D eigenvalue weighted by Gasteiger charge is 2.21. The van der Waals surface area contributed by atoms with E-state index in [4.69, 9.17) is 11.6 Å². The second-order valence-corrected chi connectivity index (χ2v) is 7.71. The van der Waals surface area contributed by atoms with Gasteiger partial charge in [-0.15, -0.1) is 0 Å². The average molecular weight is 374 g/mol. The summed E-state index contributed by atoms with van der Waals surface area (Å²) in [5, 5.41) is 6.20. The molecule has 0 atom stereocenters. The second-order valence-electron chi connectivity index (χ2n) is 7.30. The smallest absolute Gasteiger partial charge is 0.255 e. The third-order valence-electron chi connectivity index (χ3n) is 3.75. The van der Waals surface area contributed by atoms with E-state index in [9.17, 15) is 9.59 Å². The van der Waals surface area contributed by atoms with Crippen LogP contribution in [0.4, 0.5) is 17.1 Å². The molecule has 0 fully saturated rings. The Morgan fingerprint density at radius 1 is 0.962 bits per heavy atom. The number of amides is 2. The molecule has 6 heteroatoms. The molecule has 0 aromatic heterocycles. The molecule has 5 nitrogen and oxygen atoms in total. The fraction of sp³-hybridized carbons (Fsp3) is 0.300. The van der Waals surface area contributed by atoms with Crippen molar-refractivity contribution in [2.45, 2.75) is 20.8 Å². The zero-order chi connectivity index (χ0) is 19.5. The van der Waals surface area contributed by atoms with E-state index in [1.165, 1.54) is 0 Å². The molecule has 0 unspecified atom stereocenters. The maximum absolute atomic E-state index is 12.5. The summed E-state index contributed by atoms with van der Waals surface area (Å²) in [5.74, 6) is -0.383. The molecule has 2 amide bonds. The van der Waals surface area contributed by atoms with Gasteiger partial charge in [0.15, 0.2) is 0 Å². The summed E-state index contributed by atoms with van der Waals surface area (Å²) in [7, 11) is 3.80. The molecule has 0 bridgehead atoms. The van der Waals surface area contributed by atoms with Gasteiger partial charge in [-0.3, -0.25) is 9.59 Å². The van der Waals surface area contributed by atoms with Crippen LogP contribution in [0.3, 0.4) is 0 Å². The van der Waals surface area contributed by atoms with E-state index < -0.39 is 5.41 Å². The van der Waals surface area contributed by atoms with Gasteiger partial charge >= 0.3 is 0 Å². The molecule has 2 rings (SSSR count). The van der Waals surface area contributed by atoms with Crippen LogP contribution >= 0.6 is 11.6 Å². The van der Waals surface area contributed by atoms with Crippen LogP contribution in [0.1, 0.15) is 31.1 Å². The van der Waals surface area contributed by atoms with E-state index >= 15 is 0 Å². The number of nitrogens with one attached hydrogen (secondary N) is 2. The van der Waals surface area contributed by atoms with Crippen molar-refractivity contribution in [3.05, 3.63) is 53.1 Å². The third-order valence-corrected chi connectivity index (χ3v) is 4.05. The topological polar surface area (TPSA) is 61.4 Å². The Bertz CT molecular complexity index is 826. The zero-order valence-corrected chi connectivity index (χ0v) is 16.4. The van der Waals surface area contributed by atoms with Crippen molar-refractivity contribution in [2.24, 2.45) is 5.41 Å². The van der Waals surface area contributed by atoms with Crippen molar-refractivity contribution in [3.63, 3.8) is 0 Å². The number of hydrogen-bond donors (Lipinski definition) is 2. The molecule has 2 aromatic carbocycles. The van der Waals surface area contributed by atoms with Gasteiger partial charge in [0.2, 0.25) is 5.91 Å². The summed E-state index contributed by atoms with van der Waals surface area (Å²) in [5.41, 5.74) is 2.00. The standard InChI is InChI=1S/C20H24ClN3O2/c1-20(2,3)19(26)23-14-8-6-7-13(11-14)18(25)22-15-9-10-17(24(4)5)16(21)12-15/h6-12H,1-5H3,(H,22,25)(H,23,26). The maximum Gasteiger partial charge on any atom is 0.255 e. The van der Waals surface area contributed by atoms with Gasteiger partial charge in [0, 0.05) is 36.4 Å². The van der Waals surface area contributed by atoms with E-state index in [-0.39, 0.29) is 11.8 Å². The van der Waals surface area contributed by atoms with Crippen LogP contribution in [0.25, 0.3) is 0 Å². The Hall–Kier alpha value is -2.53. The summed E-state index contributed by atoms with van der Waals surface area (Å²) in [6.45, 7) is 5.50. The van der Waals surface area contributed by atoms with E-state index in [1.54, 1.807) is 36.4 Å². The Morgan fingerprint density at radius 2 is 1.62 bits per heavy atom. The van der Waals surface area contributed by atoms with E-state index in [1.807, 2.05) is 45.8 Å². The fourth-order valence-corrected chi connectivity index (χ4v) is 2.56. The average Bonchev–Trinajstić information content (AvgIpc) is 2.54. The number of anilines is 3. The fourth-order valence-electron chi connectivity index (χ4n) is 2.21. The molecule has 0 aliphatic carbocycles. The van der Waals surface area contributed by atoms with Crippen molar-refractivity contribution in [1.29, 1.82) is 0 Å². The van der Waals surface area contributed by atoms with Gasteiger partial charge in [0.05, 0.1) is 10.7 Å². The number of nitrogens with zero attached hydrogens (tertiary/aromatic N) is 1. The molecule has 2 N–H and O–H groups in total. The van der Waals surface area contributed by atoms with E-state index in [0.717, 1.165) is 5.69 Å². The normalized spacial score (nSPS) is 11.0. The Morgan fingerprint density at radius 3 is 2.19 bits per heavy atom. The summed E-state index contributed by atoms with van der Waals surface area (Å²) >= 11 is 6.24. The number of hydrogen-bond acceptors (Lipinski definition) is 3. The van der Waals surface area contributed by atoms with Crippen LogP contribution in [0, 0.1) is 5.41 Å². The summed E-state index contributed by atoms with van der Waals surface area (Å²) in [4.78, 5) is 26.5. The molecule has 0 saturated heterocycles. The van der Waals surface area contributed by atoms with E-state index in [0.29, 0.717) is 22.0 Å². The molecule has 0 radical (unpaired) electrons. The quantitative estimate of drug-likeness (QED) is 0.820. The minimum Gasteiger partial charge on any atom is -0.376 e. The predicted octanol–water partition coefficient (Wildman–Crippen LogP) is 4.64. The lowest BCUT2D eigenvalue weighted by Crippen LogP contribution is -2.27.